The monoisotopic (exact) mass is 318 g/mol. The number of carbonyl (C=O) groups is 1. The van der Waals surface area contributed by atoms with Gasteiger partial charge in [0.25, 0.3) is 0 Å². The summed E-state index contributed by atoms with van der Waals surface area (Å²) in [7, 11) is -4.76. The summed E-state index contributed by atoms with van der Waals surface area (Å²) in [6.45, 7) is -0.355. The summed E-state index contributed by atoms with van der Waals surface area (Å²) in [5, 5.41) is 0.575. The molecule has 2 aromatic rings. The van der Waals surface area contributed by atoms with E-state index in [0.29, 0.717) is 22.3 Å². The average molecular weight is 318 g/mol. The molecule has 1 aliphatic carbocycles. The Kier molecular flexibility index (Phi) is 3.42. The van der Waals surface area contributed by atoms with Crippen LogP contribution >= 0.6 is 7.60 Å². The Morgan fingerprint density at radius 2 is 1.50 bits per heavy atom. The molecule has 0 spiro atoms. The van der Waals surface area contributed by atoms with Gasteiger partial charge in [-0.2, -0.15) is 0 Å². The molecule has 0 fully saturated rings. The van der Waals surface area contributed by atoms with E-state index in [9.17, 15) is 19.1 Å². The number of benzene rings is 2. The van der Waals surface area contributed by atoms with E-state index in [-0.39, 0.29) is 6.54 Å². The van der Waals surface area contributed by atoms with Gasteiger partial charge in [-0.25, -0.2) is 0 Å². The van der Waals surface area contributed by atoms with Gasteiger partial charge in [-0.15, -0.1) is 0 Å². The van der Waals surface area contributed by atoms with Crippen LogP contribution in [-0.2, 0) is 14.6 Å². The third-order valence-corrected chi connectivity index (χ3v) is 5.33. The highest BCUT2D eigenvalue weighted by molar-refractivity contribution is 7.53. The van der Waals surface area contributed by atoms with Gasteiger partial charge in [0, 0.05) is 11.1 Å². The summed E-state index contributed by atoms with van der Waals surface area (Å²) in [6.07, 6.45) is 0. The van der Waals surface area contributed by atoms with Crippen LogP contribution in [0.25, 0.3) is 11.1 Å². The SMILES string of the molecule is NCC(=O)NC1(P(=O)(O)O)c2ccccc2-c2ccccc21. The summed E-state index contributed by atoms with van der Waals surface area (Å²) in [4.78, 5) is 32.0. The molecular weight excluding hydrogens is 303 g/mol. The summed E-state index contributed by atoms with van der Waals surface area (Å²) in [5.74, 6) is -0.630. The molecule has 0 aromatic heterocycles. The fourth-order valence-electron chi connectivity index (χ4n) is 2.99. The standard InChI is InChI=1S/C15H15N2O4P/c16-9-14(18)17-15(22(19,20)21)12-7-3-1-5-10(12)11-6-2-4-8-13(11)15/h1-8H,9,16H2,(H,17,18)(H2,19,20,21). The zero-order valence-electron chi connectivity index (χ0n) is 11.6. The average Bonchev–Trinajstić information content (AvgIpc) is 2.79. The number of carbonyl (C=O) groups excluding carboxylic acids is 1. The van der Waals surface area contributed by atoms with E-state index in [1.807, 2.05) is 0 Å². The lowest BCUT2D eigenvalue weighted by molar-refractivity contribution is -0.120. The Hall–Kier alpha value is -1.98. The van der Waals surface area contributed by atoms with Crippen molar-refractivity contribution in [1.29, 1.82) is 0 Å². The van der Waals surface area contributed by atoms with E-state index in [1.165, 1.54) is 0 Å². The molecule has 0 unspecified atom stereocenters. The maximum absolute atomic E-state index is 12.4. The van der Waals surface area contributed by atoms with Crippen molar-refractivity contribution in [1.82, 2.24) is 5.32 Å². The molecule has 3 rings (SSSR count). The Morgan fingerprint density at radius 3 is 1.91 bits per heavy atom. The van der Waals surface area contributed by atoms with Crippen LogP contribution in [-0.4, -0.2) is 22.2 Å². The van der Waals surface area contributed by atoms with E-state index in [1.54, 1.807) is 48.5 Å². The maximum Gasteiger partial charge on any atom is 0.360 e. The van der Waals surface area contributed by atoms with E-state index < -0.39 is 18.8 Å². The predicted octanol–water partition coefficient (Wildman–Crippen LogP) is 1.12. The molecule has 0 aliphatic heterocycles. The number of nitrogens with one attached hydrogen (secondary N) is 1. The van der Waals surface area contributed by atoms with Gasteiger partial charge in [0.05, 0.1) is 6.54 Å². The molecule has 6 nitrogen and oxygen atoms in total. The minimum absolute atomic E-state index is 0.355. The topological polar surface area (TPSA) is 113 Å². The number of fused-ring (bicyclic) bond motifs is 3. The Balaban J connectivity index is 2.38. The van der Waals surface area contributed by atoms with Crippen LogP contribution < -0.4 is 11.1 Å². The van der Waals surface area contributed by atoms with Crippen LogP contribution in [0.15, 0.2) is 48.5 Å². The first-order chi connectivity index (χ1) is 10.4. The van der Waals surface area contributed by atoms with E-state index >= 15 is 0 Å². The van der Waals surface area contributed by atoms with E-state index in [4.69, 9.17) is 5.73 Å². The summed E-state index contributed by atoms with van der Waals surface area (Å²) >= 11 is 0. The molecule has 1 aliphatic rings. The fraction of sp³-hybridized carbons (Fsp3) is 0.133. The van der Waals surface area contributed by atoms with Crippen LogP contribution in [0.5, 0.6) is 0 Å². The molecule has 2 aromatic carbocycles. The number of rotatable bonds is 3. The van der Waals surface area contributed by atoms with Gasteiger partial charge in [-0.05, 0) is 11.1 Å². The minimum Gasteiger partial charge on any atom is -0.331 e. The van der Waals surface area contributed by atoms with E-state index in [2.05, 4.69) is 5.32 Å². The normalized spacial score (nSPS) is 15.0. The largest absolute Gasteiger partial charge is 0.360 e. The Morgan fingerprint density at radius 1 is 1.05 bits per heavy atom. The van der Waals surface area contributed by atoms with Gasteiger partial charge >= 0.3 is 7.60 Å². The van der Waals surface area contributed by atoms with Crippen molar-refractivity contribution in [3.63, 3.8) is 0 Å². The highest BCUT2D eigenvalue weighted by atomic mass is 31.2. The fourth-order valence-corrected chi connectivity index (χ4v) is 4.27. The van der Waals surface area contributed by atoms with Crippen molar-refractivity contribution in [2.75, 3.05) is 6.54 Å². The second-order valence-corrected chi connectivity index (χ2v) is 6.86. The van der Waals surface area contributed by atoms with E-state index in [0.717, 1.165) is 0 Å². The molecule has 0 saturated heterocycles. The van der Waals surface area contributed by atoms with Gasteiger partial charge in [-0.1, -0.05) is 48.5 Å². The second-order valence-electron chi connectivity index (χ2n) is 5.10. The molecule has 0 heterocycles. The molecule has 0 bridgehead atoms. The minimum atomic E-state index is -4.76. The summed E-state index contributed by atoms with van der Waals surface area (Å²) < 4.78 is 12.4. The molecule has 0 atom stereocenters. The molecule has 0 radical (unpaired) electrons. The van der Waals surface area contributed by atoms with Crippen molar-refractivity contribution >= 4 is 13.5 Å². The van der Waals surface area contributed by atoms with Gasteiger partial charge in [0.1, 0.15) is 0 Å². The molecule has 7 heteroatoms. The highest BCUT2D eigenvalue weighted by Crippen LogP contribution is 2.65. The van der Waals surface area contributed by atoms with Crippen LogP contribution in [0, 0.1) is 0 Å². The van der Waals surface area contributed by atoms with Gasteiger partial charge < -0.3 is 20.8 Å². The van der Waals surface area contributed by atoms with Crippen molar-refractivity contribution in [3.8, 4) is 11.1 Å². The van der Waals surface area contributed by atoms with Crippen LogP contribution in [0.2, 0.25) is 0 Å². The maximum atomic E-state index is 12.4. The highest BCUT2D eigenvalue weighted by Gasteiger charge is 2.56. The van der Waals surface area contributed by atoms with Crippen molar-refractivity contribution < 1.29 is 19.1 Å². The zero-order chi connectivity index (χ0) is 16.0. The first kappa shape index (κ1) is 14.9. The number of hydrogen-bond donors (Lipinski definition) is 4. The first-order valence-electron chi connectivity index (χ1n) is 6.68. The van der Waals surface area contributed by atoms with Crippen LogP contribution in [0.3, 0.4) is 0 Å². The molecular formula is C15H15N2O4P. The molecule has 5 N–H and O–H groups in total. The molecule has 1 amide bonds. The zero-order valence-corrected chi connectivity index (χ0v) is 12.5. The van der Waals surface area contributed by atoms with Gasteiger partial charge in [0.2, 0.25) is 5.91 Å². The Bertz CT molecular complexity index is 754. The molecule has 22 heavy (non-hydrogen) atoms. The summed E-state index contributed by atoms with van der Waals surface area (Å²) in [5.41, 5.74) is 7.48. The van der Waals surface area contributed by atoms with Gasteiger partial charge in [0.15, 0.2) is 5.28 Å². The lowest BCUT2D eigenvalue weighted by Gasteiger charge is -2.33. The quantitative estimate of drug-likeness (QED) is 0.634. The van der Waals surface area contributed by atoms with Crippen molar-refractivity contribution in [3.05, 3.63) is 59.7 Å². The smallest absolute Gasteiger partial charge is 0.331 e. The summed E-state index contributed by atoms with van der Waals surface area (Å²) in [6, 6.07) is 13.7. The second kappa shape index (κ2) is 5.04. The molecule has 114 valence electrons. The van der Waals surface area contributed by atoms with Crippen LogP contribution in [0.4, 0.5) is 0 Å². The third-order valence-electron chi connectivity index (χ3n) is 3.87. The van der Waals surface area contributed by atoms with Gasteiger partial charge in [-0.3, -0.25) is 9.36 Å². The van der Waals surface area contributed by atoms with Crippen LogP contribution in [0.1, 0.15) is 11.1 Å². The lowest BCUT2D eigenvalue weighted by atomic mass is 10.0. The lowest BCUT2D eigenvalue weighted by Crippen LogP contribution is -2.47. The number of hydrogen-bond acceptors (Lipinski definition) is 3. The predicted molar refractivity (Wildman–Crippen MR) is 81.9 cm³/mol. The number of nitrogens with two attached hydrogens (primary N) is 1. The number of amides is 1. The van der Waals surface area contributed by atoms with Crippen molar-refractivity contribution in [2.24, 2.45) is 5.73 Å². The van der Waals surface area contributed by atoms with Crippen molar-refractivity contribution in [2.45, 2.75) is 5.28 Å². The third kappa shape index (κ3) is 1.93. The first-order valence-corrected chi connectivity index (χ1v) is 8.29. The molecule has 0 saturated carbocycles. The Labute approximate surface area is 127 Å².